The standard InChI is InChI=1S/C37H16F10N4O/c38-28-26(29(39)33(43)36(46)32(28)42)24-19-7-5-15(48-19)16-6-8-20(49-16)25(27-30(40)34(44)37(47)35(45)31(27)41)22-12-10-18(51-22)23(17-9-11-21(24)50-17)13-1-3-14(52)4-2-13/h1-12,48,50-52H. The molecule has 0 aliphatic carbocycles. The molecule has 260 valence electrons. The van der Waals surface area contributed by atoms with Crippen molar-refractivity contribution in [2.75, 3.05) is 0 Å². The van der Waals surface area contributed by atoms with Crippen LogP contribution in [0.15, 0.2) is 60.7 Å². The maximum atomic E-state index is 15.4. The predicted octanol–water partition coefficient (Wildman–Crippen LogP) is 10.8. The van der Waals surface area contributed by atoms with Crippen molar-refractivity contribution < 1.29 is 49.0 Å². The first-order valence-electron chi connectivity index (χ1n) is 15.0. The number of benzene rings is 3. The maximum absolute atomic E-state index is 15.4. The number of phenolic OH excluding ortho intramolecular Hbond substituents is 1. The van der Waals surface area contributed by atoms with Crippen LogP contribution in [0, 0.1) is 58.2 Å². The summed E-state index contributed by atoms with van der Waals surface area (Å²) in [6.45, 7) is 0. The molecule has 0 amide bonds. The van der Waals surface area contributed by atoms with Gasteiger partial charge >= 0.3 is 0 Å². The first-order chi connectivity index (χ1) is 24.8. The van der Waals surface area contributed by atoms with Crippen LogP contribution < -0.4 is 0 Å². The second kappa shape index (κ2) is 11.8. The Morgan fingerprint density at radius 2 is 0.692 bits per heavy atom. The molecule has 0 radical (unpaired) electrons. The lowest BCUT2D eigenvalue weighted by molar-refractivity contribution is 0.381. The highest BCUT2D eigenvalue weighted by molar-refractivity contribution is 6.00. The van der Waals surface area contributed by atoms with Crippen molar-refractivity contribution in [3.8, 4) is 39.1 Å². The number of hydrogen-bond donors (Lipinski definition) is 4. The van der Waals surface area contributed by atoms with Crippen molar-refractivity contribution in [3.63, 3.8) is 0 Å². The molecule has 0 saturated carbocycles. The summed E-state index contributed by atoms with van der Waals surface area (Å²) in [7, 11) is 0. The number of fused-ring (bicyclic) bond motifs is 9. The minimum atomic E-state index is -2.37. The molecule has 0 unspecified atom stereocenters. The van der Waals surface area contributed by atoms with E-state index in [-0.39, 0.29) is 55.8 Å². The number of aromatic hydroxyl groups is 1. The lowest BCUT2D eigenvalue weighted by Crippen LogP contribution is -2.05. The van der Waals surface area contributed by atoms with E-state index in [1.807, 2.05) is 0 Å². The fourth-order valence-corrected chi connectivity index (χ4v) is 6.26. The van der Waals surface area contributed by atoms with Crippen LogP contribution in [0.1, 0.15) is 11.4 Å². The van der Waals surface area contributed by atoms with Crippen LogP contribution in [0.3, 0.4) is 0 Å². The van der Waals surface area contributed by atoms with Gasteiger partial charge in [0, 0.05) is 44.3 Å². The van der Waals surface area contributed by atoms with E-state index in [1.165, 1.54) is 72.8 Å². The zero-order valence-electron chi connectivity index (χ0n) is 25.6. The lowest BCUT2D eigenvalue weighted by atomic mass is 10.0. The molecular formula is C37H16F10N4O. The Balaban J connectivity index is 1.60. The van der Waals surface area contributed by atoms with E-state index < -0.39 is 80.4 Å². The molecule has 4 N–H and O–H groups in total. The lowest BCUT2D eigenvalue weighted by Gasteiger charge is -2.10. The number of H-pyrrole nitrogens is 3. The van der Waals surface area contributed by atoms with Gasteiger partial charge in [0.1, 0.15) is 5.75 Å². The Morgan fingerprint density at radius 3 is 1.17 bits per heavy atom. The van der Waals surface area contributed by atoms with Crippen LogP contribution in [0.5, 0.6) is 5.75 Å². The van der Waals surface area contributed by atoms with Crippen molar-refractivity contribution in [3.05, 3.63) is 130 Å². The molecule has 5 heterocycles. The molecule has 1 aliphatic heterocycles. The molecule has 0 saturated heterocycles. The number of halogens is 10. The van der Waals surface area contributed by atoms with Gasteiger partial charge in [-0.1, -0.05) is 12.1 Å². The van der Waals surface area contributed by atoms with E-state index in [4.69, 9.17) is 0 Å². The number of phenols is 1. The van der Waals surface area contributed by atoms with Gasteiger partial charge in [-0.15, -0.1) is 0 Å². The second-order valence-electron chi connectivity index (χ2n) is 11.6. The number of aromatic amines is 3. The molecule has 52 heavy (non-hydrogen) atoms. The average Bonchev–Trinajstić information content (AvgIpc) is 3.97. The Morgan fingerprint density at radius 1 is 0.346 bits per heavy atom. The molecule has 8 bridgehead atoms. The zero-order chi connectivity index (χ0) is 36.7. The van der Waals surface area contributed by atoms with Gasteiger partial charge in [-0.3, -0.25) is 0 Å². The molecule has 7 aromatic rings. The molecule has 0 atom stereocenters. The smallest absolute Gasteiger partial charge is 0.200 e. The minimum absolute atomic E-state index is 0.00422. The summed E-state index contributed by atoms with van der Waals surface area (Å²) < 4.78 is 148. The van der Waals surface area contributed by atoms with Crippen LogP contribution >= 0.6 is 0 Å². The highest BCUT2D eigenvalue weighted by atomic mass is 19.2. The van der Waals surface area contributed by atoms with E-state index in [0.717, 1.165) is 0 Å². The highest BCUT2D eigenvalue weighted by Gasteiger charge is 2.31. The minimum Gasteiger partial charge on any atom is -0.508 e. The third kappa shape index (κ3) is 4.83. The predicted molar refractivity (Wildman–Crippen MR) is 173 cm³/mol. The van der Waals surface area contributed by atoms with Crippen LogP contribution in [0.4, 0.5) is 43.9 Å². The second-order valence-corrected chi connectivity index (χ2v) is 11.6. The highest BCUT2D eigenvalue weighted by Crippen LogP contribution is 2.40. The first kappa shape index (κ1) is 32.7. The fraction of sp³-hybridized carbons (Fsp3) is 0. The number of hydrogen-bond acceptors (Lipinski definition) is 2. The Kier molecular flexibility index (Phi) is 7.41. The molecule has 0 spiro atoms. The van der Waals surface area contributed by atoms with Gasteiger partial charge in [-0.2, -0.15) is 0 Å². The quantitative estimate of drug-likeness (QED) is 0.0832. The van der Waals surface area contributed by atoms with Crippen LogP contribution in [-0.4, -0.2) is 25.0 Å². The van der Waals surface area contributed by atoms with E-state index in [1.54, 1.807) is 0 Å². The van der Waals surface area contributed by atoms with Crippen LogP contribution in [-0.2, 0) is 0 Å². The van der Waals surface area contributed by atoms with Crippen molar-refractivity contribution in [2.24, 2.45) is 0 Å². The van der Waals surface area contributed by atoms with E-state index >= 15 is 17.6 Å². The van der Waals surface area contributed by atoms with Crippen molar-refractivity contribution >= 4 is 45.3 Å². The average molecular weight is 723 g/mol. The number of nitrogens with one attached hydrogen (secondary N) is 3. The summed E-state index contributed by atoms with van der Waals surface area (Å²) in [5.74, 6) is -22.2. The molecule has 3 aromatic carbocycles. The van der Waals surface area contributed by atoms with Gasteiger partial charge in [0.25, 0.3) is 0 Å². The monoisotopic (exact) mass is 722 g/mol. The van der Waals surface area contributed by atoms with Crippen molar-refractivity contribution in [2.45, 2.75) is 0 Å². The SMILES string of the molecule is Oc1ccc(-c2c3ccc([nH]3)c(-c3c(F)c(F)c(F)c(F)c3F)c3nc(c4ccc([nH]4)c(-c4c(F)c(F)c(F)c(F)c4F)c4ccc2[nH]4)C=C3)cc1. The molecule has 5 nitrogen and oxygen atoms in total. The van der Waals surface area contributed by atoms with Gasteiger partial charge in [-0.05, 0) is 66.2 Å². The number of aromatic nitrogens is 4. The first-order valence-corrected chi connectivity index (χ1v) is 15.0. The fourth-order valence-electron chi connectivity index (χ4n) is 6.26. The van der Waals surface area contributed by atoms with E-state index in [9.17, 15) is 31.4 Å². The number of rotatable bonds is 3. The third-order valence-corrected chi connectivity index (χ3v) is 8.65. The topological polar surface area (TPSA) is 80.5 Å². The molecule has 8 rings (SSSR count). The molecular weight excluding hydrogens is 706 g/mol. The number of nitrogens with zero attached hydrogens (tertiary/aromatic N) is 1. The van der Waals surface area contributed by atoms with Gasteiger partial charge < -0.3 is 20.1 Å². The third-order valence-electron chi connectivity index (χ3n) is 8.65. The van der Waals surface area contributed by atoms with E-state index in [2.05, 4.69) is 19.9 Å². The summed E-state index contributed by atoms with van der Waals surface area (Å²) in [4.78, 5) is 13.1. The van der Waals surface area contributed by atoms with Crippen LogP contribution in [0.2, 0.25) is 0 Å². The largest absolute Gasteiger partial charge is 0.508 e. The van der Waals surface area contributed by atoms with Crippen molar-refractivity contribution in [1.82, 2.24) is 19.9 Å². The zero-order valence-corrected chi connectivity index (χ0v) is 25.6. The van der Waals surface area contributed by atoms with Crippen LogP contribution in [0.25, 0.3) is 78.6 Å². The molecule has 0 fully saturated rings. The molecule has 1 aliphatic rings. The molecule has 15 heteroatoms. The Bertz CT molecular complexity index is 2760. The normalized spacial score (nSPS) is 12.0. The van der Waals surface area contributed by atoms with Gasteiger partial charge in [0.2, 0.25) is 11.6 Å². The Labute approximate surface area is 283 Å². The Hall–Kier alpha value is -6.51. The van der Waals surface area contributed by atoms with Gasteiger partial charge in [0.05, 0.1) is 28.0 Å². The summed E-state index contributed by atoms with van der Waals surface area (Å²) in [5.41, 5.74) is -3.33. The molecule has 4 aromatic heterocycles. The summed E-state index contributed by atoms with van der Waals surface area (Å²) >= 11 is 0. The van der Waals surface area contributed by atoms with Gasteiger partial charge in [0.15, 0.2) is 46.5 Å². The van der Waals surface area contributed by atoms with Gasteiger partial charge in [-0.25, -0.2) is 48.9 Å². The summed E-state index contributed by atoms with van der Waals surface area (Å²) in [6, 6.07) is 13.6. The maximum Gasteiger partial charge on any atom is 0.200 e. The summed E-state index contributed by atoms with van der Waals surface area (Å²) in [5, 5.41) is 9.97. The summed E-state index contributed by atoms with van der Waals surface area (Å²) in [6.07, 6.45) is 2.54. The van der Waals surface area contributed by atoms with Crippen molar-refractivity contribution in [1.29, 1.82) is 0 Å². The van der Waals surface area contributed by atoms with E-state index in [0.29, 0.717) is 5.56 Å².